The number of ether oxygens (including phenoxy) is 1. The van der Waals surface area contributed by atoms with E-state index in [1.54, 1.807) is 12.4 Å². The van der Waals surface area contributed by atoms with Gasteiger partial charge in [0.25, 0.3) is 5.91 Å². The molecule has 108 valence electrons. The molecule has 21 heavy (non-hydrogen) atoms. The number of methoxy groups -OCH3 is 1. The maximum absolute atomic E-state index is 11.8. The van der Waals surface area contributed by atoms with Gasteiger partial charge in [-0.05, 0) is 6.07 Å². The third-order valence-corrected chi connectivity index (χ3v) is 2.60. The molecule has 0 bridgehead atoms. The molecule has 2 aromatic rings. The number of carbonyl (C=O) groups excluding carboxylic acids is 2. The summed E-state index contributed by atoms with van der Waals surface area (Å²) in [6.45, 7) is -0.301. The zero-order valence-electron chi connectivity index (χ0n) is 11.1. The summed E-state index contributed by atoms with van der Waals surface area (Å²) in [4.78, 5) is 34.3. The van der Waals surface area contributed by atoms with E-state index in [1.807, 2.05) is 0 Å². The number of amides is 1. The molecule has 2 aromatic heterocycles. The first kappa shape index (κ1) is 14.4. The van der Waals surface area contributed by atoms with Crippen molar-refractivity contribution in [3.05, 3.63) is 36.7 Å². The first-order valence-corrected chi connectivity index (χ1v) is 5.91. The van der Waals surface area contributed by atoms with E-state index in [9.17, 15) is 14.7 Å². The molecule has 0 aliphatic rings. The van der Waals surface area contributed by atoms with Crippen LogP contribution in [0.2, 0.25) is 0 Å². The molecule has 0 saturated heterocycles. The number of rotatable bonds is 4. The number of esters is 1. The van der Waals surface area contributed by atoms with Crippen molar-refractivity contribution in [1.29, 1.82) is 0 Å². The molecule has 0 aromatic carbocycles. The Kier molecular flexibility index (Phi) is 4.39. The summed E-state index contributed by atoms with van der Waals surface area (Å²) in [5.74, 6) is -1.58. The molecule has 0 aliphatic heterocycles. The van der Waals surface area contributed by atoms with Crippen LogP contribution in [0.25, 0.3) is 11.1 Å². The molecule has 2 N–H and O–H groups in total. The highest BCUT2D eigenvalue weighted by atomic mass is 16.5. The molecule has 0 atom stereocenters. The van der Waals surface area contributed by atoms with E-state index in [2.05, 4.69) is 25.0 Å². The van der Waals surface area contributed by atoms with Crippen molar-refractivity contribution in [3.63, 3.8) is 0 Å². The van der Waals surface area contributed by atoms with Crippen molar-refractivity contribution in [2.24, 2.45) is 0 Å². The summed E-state index contributed by atoms with van der Waals surface area (Å²) in [6.07, 6.45) is 5.90. The van der Waals surface area contributed by atoms with Gasteiger partial charge in [-0.15, -0.1) is 0 Å². The van der Waals surface area contributed by atoms with Gasteiger partial charge in [-0.3, -0.25) is 9.59 Å². The van der Waals surface area contributed by atoms with Gasteiger partial charge in [0, 0.05) is 29.7 Å². The van der Waals surface area contributed by atoms with E-state index in [0.717, 1.165) is 0 Å². The zero-order chi connectivity index (χ0) is 15.2. The van der Waals surface area contributed by atoms with Crippen LogP contribution < -0.4 is 5.32 Å². The van der Waals surface area contributed by atoms with Gasteiger partial charge < -0.3 is 15.2 Å². The van der Waals surface area contributed by atoms with Gasteiger partial charge in [0.2, 0.25) is 0 Å². The quantitative estimate of drug-likeness (QED) is 0.769. The summed E-state index contributed by atoms with van der Waals surface area (Å²) >= 11 is 0. The van der Waals surface area contributed by atoms with Gasteiger partial charge >= 0.3 is 5.97 Å². The molecule has 0 spiro atoms. The predicted octanol–water partition coefficient (Wildman–Crippen LogP) is 0.147. The van der Waals surface area contributed by atoms with Gasteiger partial charge in [0.15, 0.2) is 5.69 Å². The molecule has 0 aliphatic carbocycles. The topological polar surface area (TPSA) is 114 Å². The van der Waals surface area contributed by atoms with Gasteiger partial charge in [-0.25, -0.2) is 15.0 Å². The van der Waals surface area contributed by atoms with Gasteiger partial charge in [0.05, 0.1) is 7.11 Å². The number of hydrogen-bond acceptors (Lipinski definition) is 7. The Morgan fingerprint density at radius 3 is 2.57 bits per heavy atom. The Hall–Kier alpha value is -3.03. The summed E-state index contributed by atoms with van der Waals surface area (Å²) in [5.41, 5.74) is 1.04. The number of pyridine rings is 1. The second kappa shape index (κ2) is 6.42. The van der Waals surface area contributed by atoms with E-state index in [0.29, 0.717) is 11.1 Å². The van der Waals surface area contributed by atoms with Crippen LogP contribution >= 0.6 is 0 Å². The molecule has 2 rings (SSSR count). The van der Waals surface area contributed by atoms with Crippen molar-refractivity contribution >= 4 is 11.9 Å². The fourth-order valence-electron chi connectivity index (χ4n) is 1.54. The van der Waals surface area contributed by atoms with Crippen molar-refractivity contribution in [2.75, 3.05) is 13.7 Å². The third kappa shape index (κ3) is 3.50. The van der Waals surface area contributed by atoms with E-state index < -0.39 is 11.9 Å². The van der Waals surface area contributed by atoms with E-state index in [1.165, 1.54) is 25.7 Å². The first-order valence-electron chi connectivity index (χ1n) is 5.91. The van der Waals surface area contributed by atoms with Crippen molar-refractivity contribution in [2.45, 2.75) is 0 Å². The summed E-state index contributed by atoms with van der Waals surface area (Å²) in [7, 11) is 1.21. The average Bonchev–Trinajstić information content (AvgIpc) is 2.53. The summed E-state index contributed by atoms with van der Waals surface area (Å²) < 4.78 is 4.39. The minimum atomic E-state index is -0.672. The van der Waals surface area contributed by atoms with Crippen LogP contribution in [-0.4, -0.2) is 45.6 Å². The van der Waals surface area contributed by atoms with Crippen LogP contribution in [0.3, 0.4) is 0 Å². The van der Waals surface area contributed by atoms with Crippen LogP contribution in [0.4, 0.5) is 0 Å². The van der Waals surface area contributed by atoms with Gasteiger partial charge in [-0.1, -0.05) is 0 Å². The Labute approximate surface area is 119 Å². The number of hydrogen-bond donors (Lipinski definition) is 2. The van der Waals surface area contributed by atoms with E-state index in [-0.39, 0.29) is 18.0 Å². The van der Waals surface area contributed by atoms with Crippen molar-refractivity contribution in [3.8, 4) is 16.9 Å². The molecule has 8 nitrogen and oxygen atoms in total. The lowest BCUT2D eigenvalue weighted by atomic mass is 10.1. The van der Waals surface area contributed by atoms with E-state index >= 15 is 0 Å². The summed E-state index contributed by atoms with van der Waals surface area (Å²) in [6, 6.07) is 1.37. The smallest absolute Gasteiger partial charge is 0.325 e. The lowest BCUT2D eigenvalue weighted by Crippen LogP contribution is -2.30. The minimum Gasteiger partial charge on any atom is -0.505 e. The highest BCUT2D eigenvalue weighted by molar-refractivity contribution is 5.96. The SMILES string of the molecule is COC(=O)CNC(=O)c1ncc(-c2cncnc2)cc1O. The number of aromatic nitrogens is 3. The molecule has 8 heteroatoms. The average molecular weight is 288 g/mol. The lowest BCUT2D eigenvalue weighted by molar-refractivity contribution is -0.139. The highest BCUT2D eigenvalue weighted by Gasteiger charge is 2.15. The maximum Gasteiger partial charge on any atom is 0.325 e. The monoisotopic (exact) mass is 288 g/mol. The van der Waals surface area contributed by atoms with Gasteiger partial charge in [0.1, 0.15) is 18.6 Å². The molecule has 0 saturated carbocycles. The fraction of sp³-hybridized carbons (Fsp3) is 0.154. The number of nitrogens with one attached hydrogen (secondary N) is 1. The highest BCUT2D eigenvalue weighted by Crippen LogP contribution is 2.23. The predicted molar refractivity (Wildman–Crippen MR) is 71.3 cm³/mol. The molecule has 2 heterocycles. The molecule has 0 unspecified atom stereocenters. The normalized spacial score (nSPS) is 9.95. The van der Waals surface area contributed by atoms with E-state index in [4.69, 9.17) is 0 Å². The third-order valence-electron chi connectivity index (χ3n) is 2.60. The molecule has 0 radical (unpaired) electrons. The Morgan fingerprint density at radius 1 is 1.24 bits per heavy atom. The summed E-state index contributed by atoms with van der Waals surface area (Å²) in [5, 5.41) is 12.2. The van der Waals surface area contributed by atoms with Crippen molar-refractivity contribution in [1.82, 2.24) is 20.3 Å². The van der Waals surface area contributed by atoms with Gasteiger partial charge in [-0.2, -0.15) is 0 Å². The Bertz CT molecular complexity index is 660. The number of nitrogens with zero attached hydrogens (tertiary/aromatic N) is 3. The standard InChI is InChI=1S/C13H12N4O4/c1-21-11(19)6-17-13(20)12-10(18)2-8(5-16-12)9-3-14-7-15-4-9/h2-5,7,18H,6H2,1H3,(H,17,20). The molecular formula is C13H12N4O4. The van der Waals surface area contributed by atoms with Crippen molar-refractivity contribution < 1.29 is 19.4 Å². The van der Waals surface area contributed by atoms with Crippen LogP contribution in [-0.2, 0) is 9.53 Å². The Balaban J connectivity index is 2.16. The fourth-order valence-corrected chi connectivity index (χ4v) is 1.54. The van der Waals surface area contributed by atoms with Crippen LogP contribution in [0.1, 0.15) is 10.5 Å². The molecule has 1 amide bonds. The first-order chi connectivity index (χ1) is 10.1. The second-order valence-corrected chi connectivity index (χ2v) is 3.98. The number of carbonyl (C=O) groups is 2. The maximum atomic E-state index is 11.8. The second-order valence-electron chi connectivity index (χ2n) is 3.98. The van der Waals surface area contributed by atoms with Crippen LogP contribution in [0.5, 0.6) is 5.75 Å². The van der Waals surface area contributed by atoms with Crippen LogP contribution in [0, 0.1) is 0 Å². The molecule has 0 fully saturated rings. The minimum absolute atomic E-state index is 0.181. The Morgan fingerprint density at radius 2 is 1.95 bits per heavy atom. The van der Waals surface area contributed by atoms with Crippen LogP contribution in [0.15, 0.2) is 31.0 Å². The lowest BCUT2D eigenvalue weighted by Gasteiger charge is -2.07. The molecular weight excluding hydrogens is 276 g/mol. The zero-order valence-corrected chi connectivity index (χ0v) is 11.1. The number of aromatic hydroxyl groups is 1. The largest absolute Gasteiger partial charge is 0.505 e.